The van der Waals surface area contributed by atoms with Gasteiger partial charge in [0.25, 0.3) is 5.91 Å². The molecule has 0 aromatic heterocycles. The maximum Gasteiger partial charge on any atom is 0.253 e. The standard InChI is InChI=1S/C17H19N3O3S/c1-13-8-10-15(11-9-13)14(2)19-20-17(21)12-18-24(22,23)16-6-4-3-5-7-16/h3-11,18-19H,2,12H2,1H3,(H,20,21). The van der Waals surface area contributed by atoms with Gasteiger partial charge in [-0.15, -0.1) is 0 Å². The minimum Gasteiger partial charge on any atom is -0.299 e. The number of carbonyl (C=O) groups excluding carboxylic acids is 1. The second kappa shape index (κ2) is 7.76. The molecule has 0 spiro atoms. The minimum absolute atomic E-state index is 0.106. The van der Waals surface area contributed by atoms with Gasteiger partial charge in [-0.1, -0.05) is 54.6 Å². The van der Waals surface area contributed by atoms with Crippen LogP contribution < -0.4 is 15.6 Å². The van der Waals surface area contributed by atoms with Gasteiger partial charge in [0.1, 0.15) is 0 Å². The molecule has 0 aliphatic rings. The van der Waals surface area contributed by atoms with E-state index >= 15 is 0 Å². The van der Waals surface area contributed by atoms with Gasteiger partial charge in [-0.05, 0) is 24.6 Å². The molecule has 0 unspecified atom stereocenters. The summed E-state index contributed by atoms with van der Waals surface area (Å²) in [5.41, 5.74) is 7.52. The molecule has 2 aromatic rings. The van der Waals surface area contributed by atoms with E-state index in [1.807, 2.05) is 31.2 Å². The van der Waals surface area contributed by atoms with E-state index in [4.69, 9.17) is 0 Å². The molecule has 3 N–H and O–H groups in total. The van der Waals surface area contributed by atoms with E-state index in [2.05, 4.69) is 22.2 Å². The van der Waals surface area contributed by atoms with Gasteiger partial charge in [0.15, 0.2) is 0 Å². The van der Waals surface area contributed by atoms with Crippen LogP contribution in [0.25, 0.3) is 5.70 Å². The number of hydrogen-bond acceptors (Lipinski definition) is 4. The molecular formula is C17H19N3O3S. The van der Waals surface area contributed by atoms with Crippen molar-refractivity contribution in [2.24, 2.45) is 0 Å². The van der Waals surface area contributed by atoms with Crippen molar-refractivity contribution in [2.75, 3.05) is 6.54 Å². The van der Waals surface area contributed by atoms with Gasteiger partial charge < -0.3 is 0 Å². The average Bonchev–Trinajstić information content (AvgIpc) is 2.59. The molecule has 0 aliphatic heterocycles. The average molecular weight is 345 g/mol. The predicted molar refractivity (Wildman–Crippen MR) is 93.1 cm³/mol. The van der Waals surface area contributed by atoms with E-state index in [9.17, 15) is 13.2 Å². The van der Waals surface area contributed by atoms with Crippen LogP contribution in [0, 0.1) is 6.92 Å². The monoisotopic (exact) mass is 345 g/mol. The Morgan fingerprint density at radius 1 is 1.00 bits per heavy atom. The first-order valence-electron chi connectivity index (χ1n) is 7.24. The van der Waals surface area contributed by atoms with Crippen molar-refractivity contribution in [3.8, 4) is 0 Å². The number of sulfonamides is 1. The van der Waals surface area contributed by atoms with Gasteiger partial charge in [0.2, 0.25) is 10.0 Å². The molecule has 1 amide bonds. The summed E-state index contributed by atoms with van der Waals surface area (Å²) in [6, 6.07) is 15.4. The number of carbonyl (C=O) groups is 1. The van der Waals surface area contributed by atoms with Crippen molar-refractivity contribution in [1.29, 1.82) is 0 Å². The quantitative estimate of drug-likeness (QED) is 0.665. The third-order valence-corrected chi connectivity index (χ3v) is 4.65. The lowest BCUT2D eigenvalue weighted by molar-refractivity contribution is -0.120. The molecule has 0 saturated carbocycles. The highest BCUT2D eigenvalue weighted by atomic mass is 32.2. The van der Waals surface area contributed by atoms with Gasteiger partial charge >= 0.3 is 0 Å². The molecule has 0 heterocycles. The topological polar surface area (TPSA) is 87.3 Å². The van der Waals surface area contributed by atoms with Crippen LogP contribution in [0.2, 0.25) is 0 Å². The first-order chi connectivity index (χ1) is 11.4. The fourth-order valence-corrected chi connectivity index (χ4v) is 2.86. The van der Waals surface area contributed by atoms with Crippen molar-refractivity contribution in [2.45, 2.75) is 11.8 Å². The van der Waals surface area contributed by atoms with Gasteiger partial charge in [-0.25, -0.2) is 13.1 Å². The smallest absolute Gasteiger partial charge is 0.253 e. The first kappa shape index (κ1) is 17.7. The molecule has 7 heteroatoms. The zero-order valence-corrected chi connectivity index (χ0v) is 14.1. The third kappa shape index (κ3) is 4.94. The molecule has 0 aliphatic carbocycles. The predicted octanol–water partition coefficient (Wildman–Crippen LogP) is 1.57. The fraction of sp³-hybridized carbons (Fsp3) is 0.118. The van der Waals surface area contributed by atoms with Crippen LogP contribution in [0.1, 0.15) is 11.1 Å². The zero-order valence-electron chi connectivity index (χ0n) is 13.2. The Balaban J connectivity index is 1.83. The van der Waals surface area contributed by atoms with Gasteiger partial charge in [0, 0.05) is 0 Å². The summed E-state index contributed by atoms with van der Waals surface area (Å²) in [4.78, 5) is 11.9. The van der Waals surface area contributed by atoms with Gasteiger partial charge in [-0.2, -0.15) is 0 Å². The van der Waals surface area contributed by atoms with E-state index in [-0.39, 0.29) is 11.4 Å². The Morgan fingerprint density at radius 3 is 2.25 bits per heavy atom. The van der Waals surface area contributed by atoms with E-state index in [0.717, 1.165) is 11.1 Å². The van der Waals surface area contributed by atoms with Crippen molar-refractivity contribution in [3.63, 3.8) is 0 Å². The summed E-state index contributed by atoms with van der Waals surface area (Å²) < 4.78 is 26.2. The summed E-state index contributed by atoms with van der Waals surface area (Å²) in [5, 5.41) is 0. The number of rotatable bonds is 7. The summed E-state index contributed by atoms with van der Waals surface area (Å²) in [5.74, 6) is -0.525. The van der Waals surface area contributed by atoms with Crippen molar-refractivity contribution in [1.82, 2.24) is 15.6 Å². The number of aryl methyl sites for hydroxylation is 1. The fourth-order valence-electron chi connectivity index (χ4n) is 1.86. The van der Waals surface area contributed by atoms with E-state index in [0.29, 0.717) is 5.70 Å². The first-order valence-corrected chi connectivity index (χ1v) is 8.72. The summed E-state index contributed by atoms with van der Waals surface area (Å²) in [7, 11) is -3.71. The van der Waals surface area contributed by atoms with Crippen LogP contribution in [-0.2, 0) is 14.8 Å². The number of benzene rings is 2. The molecule has 0 bridgehead atoms. The number of amides is 1. The lowest BCUT2D eigenvalue weighted by Gasteiger charge is -2.12. The maximum atomic E-state index is 12.0. The molecule has 2 rings (SSSR count). The largest absolute Gasteiger partial charge is 0.299 e. The minimum atomic E-state index is -3.71. The van der Waals surface area contributed by atoms with Crippen LogP contribution in [0.3, 0.4) is 0 Å². The molecule has 0 fully saturated rings. The molecule has 6 nitrogen and oxygen atoms in total. The molecule has 126 valence electrons. The molecule has 0 saturated heterocycles. The molecule has 2 aromatic carbocycles. The highest BCUT2D eigenvalue weighted by Crippen LogP contribution is 2.09. The van der Waals surface area contributed by atoms with E-state index in [1.165, 1.54) is 12.1 Å². The van der Waals surface area contributed by atoms with Crippen LogP contribution in [0.5, 0.6) is 0 Å². The number of hydrogen-bond donors (Lipinski definition) is 3. The second-order valence-electron chi connectivity index (χ2n) is 5.16. The second-order valence-corrected chi connectivity index (χ2v) is 6.92. The SMILES string of the molecule is C=C(NNC(=O)CNS(=O)(=O)c1ccccc1)c1ccc(C)cc1. The van der Waals surface area contributed by atoms with Crippen LogP contribution in [0.4, 0.5) is 0 Å². The highest BCUT2D eigenvalue weighted by Gasteiger charge is 2.14. The normalized spacial score (nSPS) is 10.9. The number of hydrazine groups is 1. The summed E-state index contributed by atoms with van der Waals surface area (Å²) in [6.07, 6.45) is 0. The van der Waals surface area contributed by atoms with Gasteiger partial charge in [0.05, 0.1) is 17.1 Å². The Bertz CT molecular complexity index is 816. The van der Waals surface area contributed by atoms with Crippen LogP contribution in [-0.4, -0.2) is 20.9 Å². The van der Waals surface area contributed by atoms with Crippen molar-refractivity contribution >= 4 is 21.6 Å². The molecular weight excluding hydrogens is 326 g/mol. The Labute approximate surface area is 141 Å². The lowest BCUT2D eigenvalue weighted by Crippen LogP contribution is -2.42. The van der Waals surface area contributed by atoms with E-state index < -0.39 is 15.9 Å². The van der Waals surface area contributed by atoms with Crippen LogP contribution in [0.15, 0.2) is 66.1 Å². The Kier molecular flexibility index (Phi) is 5.73. The molecule has 0 atom stereocenters. The van der Waals surface area contributed by atoms with Crippen molar-refractivity contribution in [3.05, 3.63) is 72.3 Å². The van der Waals surface area contributed by atoms with Gasteiger partial charge in [-0.3, -0.25) is 15.6 Å². The summed E-state index contributed by atoms with van der Waals surface area (Å²) >= 11 is 0. The molecule has 24 heavy (non-hydrogen) atoms. The molecule has 0 radical (unpaired) electrons. The van der Waals surface area contributed by atoms with Crippen molar-refractivity contribution < 1.29 is 13.2 Å². The highest BCUT2D eigenvalue weighted by molar-refractivity contribution is 7.89. The van der Waals surface area contributed by atoms with Crippen LogP contribution >= 0.6 is 0 Å². The Morgan fingerprint density at radius 2 is 1.62 bits per heavy atom. The number of nitrogens with one attached hydrogen (secondary N) is 3. The Hall–Kier alpha value is -2.64. The lowest BCUT2D eigenvalue weighted by atomic mass is 10.1. The third-order valence-electron chi connectivity index (χ3n) is 3.23. The summed E-state index contributed by atoms with van der Waals surface area (Å²) in [6.45, 7) is 5.41. The maximum absolute atomic E-state index is 12.0. The zero-order chi connectivity index (χ0) is 17.6. The van der Waals surface area contributed by atoms with E-state index in [1.54, 1.807) is 18.2 Å².